The highest BCUT2D eigenvalue weighted by atomic mass is 16.5. The summed E-state index contributed by atoms with van der Waals surface area (Å²) < 4.78 is 10.3. The number of benzene rings is 2. The predicted octanol–water partition coefficient (Wildman–Crippen LogP) is 2.59. The lowest BCUT2D eigenvalue weighted by molar-refractivity contribution is 0.0961. The number of Topliss-reactive ketones (excluding diaryl/α,β-unsaturated/α-hetero) is 1. The lowest BCUT2D eigenvalue weighted by Crippen LogP contribution is -2.21. The van der Waals surface area contributed by atoms with Crippen LogP contribution in [0.25, 0.3) is 0 Å². The van der Waals surface area contributed by atoms with Crippen molar-refractivity contribution < 1.29 is 14.3 Å². The number of carbonyl (C=O) groups is 1. The molecule has 0 aliphatic carbocycles. The van der Waals surface area contributed by atoms with Gasteiger partial charge < -0.3 is 15.2 Å². The molecule has 0 amide bonds. The van der Waals surface area contributed by atoms with Crippen LogP contribution in [0.5, 0.6) is 11.5 Å². The summed E-state index contributed by atoms with van der Waals surface area (Å²) in [7, 11) is 3.08. The van der Waals surface area contributed by atoms with Crippen molar-refractivity contribution in [2.45, 2.75) is 6.04 Å². The van der Waals surface area contributed by atoms with Gasteiger partial charge in [-0.3, -0.25) is 4.79 Å². The molecule has 2 N–H and O–H groups in total. The number of ether oxygens (including phenoxy) is 2. The van der Waals surface area contributed by atoms with Crippen LogP contribution >= 0.6 is 0 Å². The third-order valence-electron chi connectivity index (χ3n) is 3.11. The monoisotopic (exact) mass is 271 g/mol. The Bertz CT molecular complexity index is 596. The van der Waals surface area contributed by atoms with E-state index in [0.717, 1.165) is 5.56 Å². The molecule has 0 saturated carbocycles. The van der Waals surface area contributed by atoms with Crippen LogP contribution in [0.1, 0.15) is 22.0 Å². The first-order chi connectivity index (χ1) is 9.67. The predicted molar refractivity (Wildman–Crippen MR) is 77.2 cm³/mol. The van der Waals surface area contributed by atoms with E-state index in [1.807, 2.05) is 30.3 Å². The Morgan fingerprint density at radius 1 is 1.00 bits per heavy atom. The number of carbonyl (C=O) groups excluding carboxylic acids is 1. The summed E-state index contributed by atoms with van der Waals surface area (Å²) in [5, 5.41) is 0. The normalized spacial score (nSPS) is 11.8. The molecule has 0 unspecified atom stereocenters. The molecule has 1 atom stereocenters. The number of rotatable bonds is 5. The van der Waals surface area contributed by atoms with Gasteiger partial charge in [-0.25, -0.2) is 0 Å². The van der Waals surface area contributed by atoms with Crippen molar-refractivity contribution in [1.82, 2.24) is 0 Å². The largest absolute Gasteiger partial charge is 0.493 e. The fourth-order valence-corrected chi connectivity index (χ4v) is 1.98. The molecule has 0 spiro atoms. The molecule has 2 aromatic carbocycles. The lowest BCUT2D eigenvalue weighted by atomic mass is 9.98. The van der Waals surface area contributed by atoms with Crippen LogP contribution in [0.4, 0.5) is 0 Å². The van der Waals surface area contributed by atoms with E-state index in [0.29, 0.717) is 17.1 Å². The highest BCUT2D eigenvalue weighted by Crippen LogP contribution is 2.29. The third kappa shape index (κ3) is 2.81. The molecule has 0 bridgehead atoms. The van der Waals surface area contributed by atoms with Crippen molar-refractivity contribution in [2.24, 2.45) is 5.73 Å². The second kappa shape index (κ2) is 6.21. The molecular weight excluding hydrogens is 254 g/mol. The molecule has 0 saturated heterocycles. The van der Waals surface area contributed by atoms with Gasteiger partial charge in [-0.05, 0) is 23.8 Å². The van der Waals surface area contributed by atoms with Gasteiger partial charge in [-0.1, -0.05) is 30.3 Å². The molecule has 0 aromatic heterocycles. The van der Waals surface area contributed by atoms with Crippen LogP contribution in [0.2, 0.25) is 0 Å². The zero-order valence-electron chi connectivity index (χ0n) is 11.5. The summed E-state index contributed by atoms with van der Waals surface area (Å²) in [4.78, 5) is 12.4. The molecule has 4 nitrogen and oxygen atoms in total. The first-order valence-electron chi connectivity index (χ1n) is 6.24. The van der Waals surface area contributed by atoms with E-state index in [-0.39, 0.29) is 5.78 Å². The van der Waals surface area contributed by atoms with Gasteiger partial charge in [0.05, 0.1) is 20.3 Å². The molecule has 0 heterocycles. The molecular formula is C16H17NO3. The zero-order chi connectivity index (χ0) is 14.5. The standard InChI is InChI=1S/C16H17NO3/c1-19-13-9-8-12(10-14(13)20-2)16(18)15(17)11-6-4-3-5-7-11/h3-10,15H,17H2,1-2H3/t15-/m1/s1. The molecule has 20 heavy (non-hydrogen) atoms. The third-order valence-corrected chi connectivity index (χ3v) is 3.11. The quantitative estimate of drug-likeness (QED) is 0.849. The van der Waals surface area contributed by atoms with E-state index in [9.17, 15) is 4.79 Å². The van der Waals surface area contributed by atoms with Gasteiger partial charge in [-0.15, -0.1) is 0 Å². The minimum Gasteiger partial charge on any atom is -0.493 e. The van der Waals surface area contributed by atoms with Crippen LogP contribution in [0, 0.1) is 0 Å². The molecule has 4 heteroatoms. The van der Waals surface area contributed by atoms with Crippen LogP contribution in [0.3, 0.4) is 0 Å². The SMILES string of the molecule is COc1ccc(C(=O)[C@H](N)c2ccccc2)cc1OC. The van der Waals surface area contributed by atoms with E-state index in [1.165, 1.54) is 7.11 Å². The van der Waals surface area contributed by atoms with Crippen molar-refractivity contribution in [3.63, 3.8) is 0 Å². The van der Waals surface area contributed by atoms with E-state index in [4.69, 9.17) is 15.2 Å². The Balaban J connectivity index is 2.29. The highest BCUT2D eigenvalue weighted by molar-refractivity contribution is 6.01. The van der Waals surface area contributed by atoms with Gasteiger partial charge in [0.2, 0.25) is 0 Å². The van der Waals surface area contributed by atoms with Gasteiger partial charge in [0, 0.05) is 5.56 Å². The van der Waals surface area contributed by atoms with Crippen molar-refractivity contribution in [3.05, 3.63) is 59.7 Å². The van der Waals surface area contributed by atoms with Gasteiger partial charge in [0.15, 0.2) is 17.3 Å². The van der Waals surface area contributed by atoms with Gasteiger partial charge in [0.25, 0.3) is 0 Å². The minimum atomic E-state index is -0.686. The van der Waals surface area contributed by atoms with Crippen molar-refractivity contribution >= 4 is 5.78 Å². The maximum absolute atomic E-state index is 12.4. The zero-order valence-corrected chi connectivity index (χ0v) is 11.5. The van der Waals surface area contributed by atoms with Crippen LogP contribution < -0.4 is 15.2 Å². The molecule has 0 aliphatic rings. The molecule has 0 fully saturated rings. The Kier molecular flexibility index (Phi) is 4.38. The summed E-state index contributed by atoms with van der Waals surface area (Å²) in [6.45, 7) is 0. The first-order valence-corrected chi connectivity index (χ1v) is 6.24. The number of hydrogen-bond donors (Lipinski definition) is 1. The smallest absolute Gasteiger partial charge is 0.184 e. The van der Waals surface area contributed by atoms with E-state index in [1.54, 1.807) is 25.3 Å². The Morgan fingerprint density at radius 2 is 1.65 bits per heavy atom. The summed E-state index contributed by atoms with van der Waals surface area (Å²) >= 11 is 0. The molecule has 0 aliphatic heterocycles. The fraction of sp³-hybridized carbons (Fsp3) is 0.188. The number of hydrogen-bond acceptors (Lipinski definition) is 4. The van der Waals surface area contributed by atoms with E-state index in [2.05, 4.69) is 0 Å². The van der Waals surface area contributed by atoms with Gasteiger partial charge in [-0.2, -0.15) is 0 Å². The van der Waals surface area contributed by atoms with Crippen molar-refractivity contribution in [2.75, 3.05) is 14.2 Å². The Labute approximate surface area is 118 Å². The fourth-order valence-electron chi connectivity index (χ4n) is 1.98. The number of nitrogens with two attached hydrogens (primary N) is 1. The van der Waals surface area contributed by atoms with Gasteiger partial charge in [0.1, 0.15) is 0 Å². The van der Waals surface area contributed by atoms with Crippen molar-refractivity contribution in [1.29, 1.82) is 0 Å². The number of methoxy groups -OCH3 is 2. The summed E-state index contributed by atoms with van der Waals surface area (Å²) in [6, 6.07) is 13.6. The minimum absolute atomic E-state index is 0.155. The molecule has 2 rings (SSSR count). The van der Waals surface area contributed by atoms with E-state index >= 15 is 0 Å². The molecule has 0 radical (unpaired) electrons. The summed E-state index contributed by atoms with van der Waals surface area (Å²) in [5.41, 5.74) is 7.29. The van der Waals surface area contributed by atoms with Crippen LogP contribution in [-0.2, 0) is 0 Å². The van der Waals surface area contributed by atoms with Crippen LogP contribution in [-0.4, -0.2) is 20.0 Å². The maximum Gasteiger partial charge on any atom is 0.184 e. The Hall–Kier alpha value is -2.33. The lowest BCUT2D eigenvalue weighted by Gasteiger charge is -2.13. The van der Waals surface area contributed by atoms with Gasteiger partial charge >= 0.3 is 0 Å². The second-order valence-corrected chi connectivity index (χ2v) is 4.32. The summed E-state index contributed by atoms with van der Waals surface area (Å²) in [6.07, 6.45) is 0. The number of ketones is 1. The van der Waals surface area contributed by atoms with E-state index < -0.39 is 6.04 Å². The molecule has 2 aromatic rings. The Morgan fingerprint density at radius 3 is 2.25 bits per heavy atom. The van der Waals surface area contributed by atoms with Crippen LogP contribution in [0.15, 0.2) is 48.5 Å². The molecule has 104 valence electrons. The maximum atomic E-state index is 12.4. The summed E-state index contributed by atoms with van der Waals surface area (Å²) in [5.74, 6) is 0.938. The highest BCUT2D eigenvalue weighted by Gasteiger charge is 2.19. The second-order valence-electron chi connectivity index (χ2n) is 4.32. The first kappa shape index (κ1) is 14.1. The average Bonchev–Trinajstić information content (AvgIpc) is 2.53. The topological polar surface area (TPSA) is 61.5 Å². The average molecular weight is 271 g/mol. The van der Waals surface area contributed by atoms with Crippen molar-refractivity contribution in [3.8, 4) is 11.5 Å².